The average Bonchev–Trinajstić information content (AvgIpc) is 2.21. The quantitative estimate of drug-likeness (QED) is 0.756. The maximum absolute atomic E-state index is 5.62. The van der Waals surface area contributed by atoms with Crippen LogP contribution in [0.2, 0.25) is 10.6 Å². The Bertz CT molecular complexity index is 330. The maximum atomic E-state index is 5.62. The fourth-order valence-electron chi connectivity index (χ4n) is 0.989. The van der Waals surface area contributed by atoms with Crippen LogP contribution in [0.25, 0.3) is 0 Å². The lowest BCUT2D eigenvalue weighted by molar-refractivity contribution is 0.126. The molecule has 1 rings (SSSR count). The molecule has 0 aromatic carbocycles. The van der Waals surface area contributed by atoms with Crippen molar-refractivity contribution in [3.05, 3.63) is 10.6 Å². The van der Waals surface area contributed by atoms with Crippen molar-refractivity contribution in [2.24, 2.45) is 0 Å². The molecule has 0 radical (unpaired) electrons. The Morgan fingerprint density at radius 2 is 1.76 bits per heavy atom. The van der Waals surface area contributed by atoms with Crippen LogP contribution < -0.4 is 5.32 Å². The van der Waals surface area contributed by atoms with E-state index < -0.39 is 0 Å². The van der Waals surface area contributed by atoms with E-state index in [2.05, 4.69) is 25.2 Å². The number of aromatic nitrogens is 3. The third-order valence-electron chi connectivity index (χ3n) is 1.79. The molecule has 8 heteroatoms. The zero-order valence-corrected chi connectivity index (χ0v) is 11.3. The van der Waals surface area contributed by atoms with Crippen molar-refractivity contribution in [1.82, 2.24) is 19.9 Å². The third kappa shape index (κ3) is 6.58. The molecule has 1 heterocycles. The summed E-state index contributed by atoms with van der Waals surface area (Å²) in [4.78, 5) is 13.4. The molecule has 1 N–H and O–H groups in total. The Labute approximate surface area is 110 Å². The molecule has 6 nitrogen and oxygen atoms in total. The van der Waals surface area contributed by atoms with Gasteiger partial charge in [-0.05, 0) is 37.3 Å². The van der Waals surface area contributed by atoms with Gasteiger partial charge in [0.2, 0.25) is 16.5 Å². The van der Waals surface area contributed by atoms with Crippen LogP contribution in [0.1, 0.15) is 0 Å². The SMILES string of the molecule is CN(C)CCOCCNc1nc(Cl)nc(Cl)n1. The number of likely N-dealkylation sites (N-methyl/N-ethyl adjacent to an activating group) is 1. The minimum absolute atomic E-state index is 0.0704. The van der Waals surface area contributed by atoms with Crippen LogP contribution in [0, 0.1) is 0 Å². The van der Waals surface area contributed by atoms with Crippen molar-refractivity contribution < 1.29 is 4.74 Å². The monoisotopic (exact) mass is 279 g/mol. The number of hydrogen-bond donors (Lipinski definition) is 1. The van der Waals surface area contributed by atoms with Gasteiger partial charge in [-0.3, -0.25) is 0 Å². The van der Waals surface area contributed by atoms with Crippen LogP contribution >= 0.6 is 23.2 Å². The van der Waals surface area contributed by atoms with Gasteiger partial charge < -0.3 is 15.0 Å². The van der Waals surface area contributed by atoms with Gasteiger partial charge in [0.25, 0.3) is 0 Å². The molecule has 0 saturated carbocycles. The van der Waals surface area contributed by atoms with E-state index in [1.165, 1.54) is 0 Å². The molecular formula is C9H15Cl2N5O. The van der Waals surface area contributed by atoms with Crippen molar-refractivity contribution in [1.29, 1.82) is 0 Å². The zero-order chi connectivity index (χ0) is 12.7. The Hall–Kier alpha value is -0.690. The van der Waals surface area contributed by atoms with E-state index in [1.54, 1.807) is 0 Å². The first-order chi connectivity index (χ1) is 8.08. The van der Waals surface area contributed by atoms with Gasteiger partial charge in [0, 0.05) is 13.1 Å². The summed E-state index contributed by atoms with van der Waals surface area (Å²) in [5.41, 5.74) is 0. The number of nitrogens with one attached hydrogen (secondary N) is 1. The lowest BCUT2D eigenvalue weighted by atomic mass is 10.6. The van der Waals surface area contributed by atoms with Gasteiger partial charge in [-0.25, -0.2) is 0 Å². The second kappa shape index (κ2) is 7.60. The maximum Gasteiger partial charge on any atom is 0.228 e. The molecule has 1 aromatic heterocycles. The van der Waals surface area contributed by atoms with E-state index in [-0.39, 0.29) is 10.6 Å². The second-order valence-electron chi connectivity index (χ2n) is 3.54. The van der Waals surface area contributed by atoms with E-state index >= 15 is 0 Å². The van der Waals surface area contributed by atoms with Crippen molar-refractivity contribution in [3.63, 3.8) is 0 Å². The molecule has 1 aromatic rings. The summed E-state index contributed by atoms with van der Waals surface area (Å²) in [5.74, 6) is 0.353. The molecular weight excluding hydrogens is 265 g/mol. The fourth-order valence-corrected chi connectivity index (χ4v) is 1.35. The smallest absolute Gasteiger partial charge is 0.228 e. The van der Waals surface area contributed by atoms with Gasteiger partial charge in [-0.2, -0.15) is 15.0 Å². The molecule has 0 bridgehead atoms. The van der Waals surface area contributed by atoms with Crippen LogP contribution in [0.15, 0.2) is 0 Å². The molecule has 17 heavy (non-hydrogen) atoms. The molecule has 0 amide bonds. The van der Waals surface area contributed by atoms with E-state index in [9.17, 15) is 0 Å². The molecule has 0 saturated heterocycles. The summed E-state index contributed by atoms with van der Waals surface area (Å²) in [7, 11) is 3.99. The summed E-state index contributed by atoms with van der Waals surface area (Å²) in [6.07, 6.45) is 0. The van der Waals surface area contributed by atoms with Crippen molar-refractivity contribution >= 4 is 29.2 Å². The van der Waals surface area contributed by atoms with Gasteiger partial charge in [-0.1, -0.05) is 0 Å². The van der Waals surface area contributed by atoms with Crippen molar-refractivity contribution in [2.75, 3.05) is 45.7 Å². The Morgan fingerprint density at radius 1 is 1.12 bits per heavy atom. The van der Waals surface area contributed by atoms with Gasteiger partial charge >= 0.3 is 0 Å². The number of halogens is 2. The predicted molar refractivity (Wildman–Crippen MR) is 67.7 cm³/mol. The minimum atomic E-state index is 0.0704. The minimum Gasteiger partial charge on any atom is -0.378 e. The Balaban J connectivity index is 2.18. The van der Waals surface area contributed by atoms with Gasteiger partial charge in [-0.15, -0.1) is 0 Å². The highest BCUT2D eigenvalue weighted by Crippen LogP contribution is 2.08. The van der Waals surface area contributed by atoms with Crippen LogP contribution in [-0.4, -0.2) is 60.3 Å². The summed E-state index contributed by atoms with van der Waals surface area (Å²) in [5, 5.41) is 3.09. The van der Waals surface area contributed by atoms with Gasteiger partial charge in [0.15, 0.2) is 0 Å². The highest BCUT2D eigenvalue weighted by atomic mass is 35.5. The summed E-state index contributed by atoms with van der Waals surface area (Å²) in [6.45, 7) is 2.73. The van der Waals surface area contributed by atoms with Crippen LogP contribution in [0.5, 0.6) is 0 Å². The van der Waals surface area contributed by atoms with Crippen LogP contribution in [0.3, 0.4) is 0 Å². The van der Waals surface area contributed by atoms with Crippen LogP contribution in [-0.2, 0) is 4.74 Å². The molecule has 0 aliphatic heterocycles. The molecule has 0 fully saturated rings. The highest BCUT2D eigenvalue weighted by Gasteiger charge is 2.01. The molecule has 0 aliphatic rings. The number of hydrogen-bond acceptors (Lipinski definition) is 6. The summed E-state index contributed by atoms with van der Waals surface area (Å²) in [6, 6.07) is 0. The van der Waals surface area contributed by atoms with Gasteiger partial charge in [0.1, 0.15) is 0 Å². The van der Waals surface area contributed by atoms with Crippen molar-refractivity contribution in [2.45, 2.75) is 0 Å². The average molecular weight is 280 g/mol. The fraction of sp³-hybridized carbons (Fsp3) is 0.667. The number of ether oxygens (including phenoxy) is 1. The molecule has 96 valence electrons. The first kappa shape index (κ1) is 14.4. The zero-order valence-electron chi connectivity index (χ0n) is 9.78. The van der Waals surface area contributed by atoms with E-state index in [1.807, 2.05) is 14.1 Å². The van der Waals surface area contributed by atoms with Crippen molar-refractivity contribution in [3.8, 4) is 0 Å². The Morgan fingerprint density at radius 3 is 2.35 bits per heavy atom. The molecule has 0 atom stereocenters. The van der Waals surface area contributed by atoms with E-state index in [4.69, 9.17) is 27.9 Å². The lowest BCUT2D eigenvalue weighted by Crippen LogP contribution is -2.20. The van der Waals surface area contributed by atoms with Gasteiger partial charge in [0.05, 0.1) is 13.2 Å². The number of rotatable bonds is 7. The summed E-state index contributed by atoms with van der Waals surface area (Å²) >= 11 is 11.2. The largest absolute Gasteiger partial charge is 0.378 e. The lowest BCUT2D eigenvalue weighted by Gasteiger charge is -2.10. The topological polar surface area (TPSA) is 63.2 Å². The number of anilines is 1. The standard InChI is InChI=1S/C9H15Cl2N5O/c1-16(2)4-6-17-5-3-12-9-14-7(10)13-8(11)15-9/h3-6H2,1-2H3,(H,12,13,14,15). The van der Waals surface area contributed by atoms with E-state index in [0.29, 0.717) is 25.7 Å². The summed E-state index contributed by atoms with van der Waals surface area (Å²) < 4.78 is 5.39. The number of nitrogens with zero attached hydrogens (tertiary/aromatic N) is 4. The Kier molecular flexibility index (Phi) is 6.43. The van der Waals surface area contributed by atoms with Crippen LogP contribution in [0.4, 0.5) is 5.95 Å². The molecule has 0 aliphatic carbocycles. The first-order valence-electron chi connectivity index (χ1n) is 5.11. The first-order valence-corrected chi connectivity index (χ1v) is 5.87. The molecule has 0 unspecified atom stereocenters. The molecule has 0 spiro atoms. The van der Waals surface area contributed by atoms with E-state index in [0.717, 1.165) is 6.54 Å². The highest BCUT2D eigenvalue weighted by molar-refractivity contribution is 6.31. The third-order valence-corrected chi connectivity index (χ3v) is 2.13. The normalized spacial score (nSPS) is 10.9. The second-order valence-corrected chi connectivity index (χ2v) is 4.22. The predicted octanol–water partition coefficient (Wildman–Crippen LogP) is 1.17.